The number of carbonyl (C=O) groups excluding carboxylic acids is 4. The summed E-state index contributed by atoms with van der Waals surface area (Å²) >= 11 is 0. The zero-order chi connectivity index (χ0) is 21.3. The van der Waals surface area contributed by atoms with E-state index in [1.165, 1.54) is 6.20 Å². The predicted octanol–water partition coefficient (Wildman–Crippen LogP) is 2.09. The number of amides is 2. The van der Waals surface area contributed by atoms with Crippen molar-refractivity contribution in [3.05, 3.63) is 54.2 Å². The van der Waals surface area contributed by atoms with Crippen molar-refractivity contribution in [1.29, 1.82) is 0 Å². The summed E-state index contributed by atoms with van der Waals surface area (Å²) in [5.74, 6) is -2.38. The van der Waals surface area contributed by atoms with Crippen molar-refractivity contribution < 1.29 is 28.3 Å². The molecular weight excluding hydrogens is 390 g/mol. The average molecular weight is 413 g/mol. The Bertz CT molecular complexity index is 881. The standard InChI is InChI=1S/C21H23N3O6/c25-16(10-15-8-4-5-9-23-20(27)19(15)26)18(17-11-22-13-30-17)24-21(28)29-12-14-6-2-1-3-7-14/h1-3,6-7,11,13,15,18H,4-5,8-10,12H2,(H,23,27)(H,24,28). The van der Waals surface area contributed by atoms with Crippen molar-refractivity contribution in [2.24, 2.45) is 5.92 Å². The van der Waals surface area contributed by atoms with Gasteiger partial charge < -0.3 is 19.8 Å². The molecule has 1 aromatic heterocycles. The van der Waals surface area contributed by atoms with Gasteiger partial charge in [0.1, 0.15) is 6.61 Å². The van der Waals surface area contributed by atoms with Crippen LogP contribution in [0, 0.1) is 5.92 Å². The summed E-state index contributed by atoms with van der Waals surface area (Å²) in [6.45, 7) is 0.478. The molecule has 0 spiro atoms. The van der Waals surface area contributed by atoms with Gasteiger partial charge in [-0.05, 0) is 18.4 Å². The highest BCUT2D eigenvalue weighted by Crippen LogP contribution is 2.23. The lowest BCUT2D eigenvalue weighted by molar-refractivity contribution is -0.141. The van der Waals surface area contributed by atoms with Crippen LogP contribution in [-0.2, 0) is 25.7 Å². The lowest BCUT2D eigenvalue weighted by atomic mass is 9.88. The molecule has 9 heteroatoms. The topological polar surface area (TPSA) is 128 Å². The number of nitrogens with zero attached hydrogens (tertiary/aromatic N) is 1. The van der Waals surface area contributed by atoms with Gasteiger partial charge in [0, 0.05) is 18.9 Å². The van der Waals surface area contributed by atoms with E-state index in [1.807, 2.05) is 18.2 Å². The fourth-order valence-electron chi connectivity index (χ4n) is 3.24. The van der Waals surface area contributed by atoms with E-state index in [1.54, 1.807) is 12.1 Å². The molecule has 158 valence electrons. The summed E-state index contributed by atoms with van der Waals surface area (Å²) in [4.78, 5) is 53.1. The third-order valence-corrected chi connectivity index (χ3v) is 4.84. The molecule has 1 aliphatic heterocycles. The molecule has 3 rings (SSSR count). The quantitative estimate of drug-likeness (QED) is 0.665. The Labute approximate surface area is 173 Å². The Balaban J connectivity index is 1.65. The number of Topliss-reactive ketones (excluding diaryl/α,β-unsaturated/α-hetero) is 2. The maximum Gasteiger partial charge on any atom is 0.408 e. The second-order valence-corrected chi connectivity index (χ2v) is 7.03. The highest BCUT2D eigenvalue weighted by Gasteiger charge is 2.33. The summed E-state index contributed by atoms with van der Waals surface area (Å²) in [6.07, 6.45) is 3.32. The first-order valence-electron chi connectivity index (χ1n) is 9.75. The predicted molar refractivity (Wildman–Crippen MR) is 104 cm³/mol. The van der Waals surface area contributed by atoms with E-state index in [4.69, 9.17) is 9.15 Å². The molecule has 0 bridgehead atoms. The van der Waals surface area contributed by atoms with E-state index in [9.17, 15) is 19.2 Å². The molecule has 2 unspecified atom stereocenters. The summed E-state index contributed by atoms with van der Waals surface area (Å²) < 4.78 is 10.4. The molecule has 0 radical (unpaired) electrons. The van der Waals surface area contributed by atoms with Gasteiger partial charge in [0.05, 0.1) is 6.20 Å². The average Bonchev–Trinajstić information content (AvgIpc) is 3.28. The Hall–Kier alpha value is -3.49. The third-order valence-electron chi connectivity index (χ3n) is 4.84. The zero-order valence-electron chi connectivity index (χ0n) is 16.3. The van der Waals surface area contributed by atoms with Crippen molar-refractivity contribution in [3.63, 3.8) is 0 Å². The summed E-state index contributed by atoms with van der Waals surface area (Å²) in [5.41, 5.74) is 0.793. The number of oxazole rings is 1. The third kappa shape index (κ3) is 5.76. The van der Waals surface area contributed by atoms with Gasteiger partial charge in [0.2, 0.25) is 5.78 Å². The number of benzene rings is 1. The number of carbonyl (C=O) groups is 4. The van der Waals surface area contributed by atoms with Gasteiger partial charge >= 0.3 is 6.09 Å². The lowest BCUT2D eigenvalue weighted by Gasteiger charge is -2.21. The maximum absolute atomic E-state index is 12.9. The van der Waals surface area contributed by atoms with Gasteiger partial charge in [-0.1, -0.05) is 36.8 Å². The summed E-state index contributed by atoms with van der Waals surface area (Å²) in [5, 5.41) is 5.02. The second-order valence-electron chi connectivity index (χ2n) is 7.03. The number of ketones is 2. The minimum Gasteiger partial charge on any atom is -0.446 e. The molecule has 1 saturated heterocycles. The van der Waals surface area contributed by atoms with E-state index in [0.29, 0.717) is 19.4 Å². The largest absolute Gasteiger partial charge is 0.446 e. The zero-order valence-corrected chi connectivity index (χ0v) is 16.3. The van der Waals surface area contributed by atoms with Crippen molar-refractivity contribution in [1.82, 2.24) is 15.6 Å². The van der Waals surface area contributed by atoms with Crippen LogP contribution >= 0.6 is 0 Å². The fourth-order valence-corrected chi connectivity index (χ4v) is 3.24. The SMILES string of the molecule is O=C(NC(C(=O)CC1CCCCNC(=O)C1=O)c1cnco1)OCc1ccccc1. The maximum atomic E-state index is 12.9. The van der Waals surface area contributed by atoms with Crippen molar-refractivity contribution >= 4 is 23.6 Å². The van der Waals surface area contributed by atoms with Gasteiger partial charge in [-0.25, -0.2) is 9.78 Å². The van der Waals surface area contributed by atoms with E-state index in [-0.39, 0.29) is 18.8 Å². The van der Waals surface area contributed by atoms with Crippen LogP contribution in [0.25, 0.3) is 0 Å². The highest BCUT2D eigenvalue weighted by atomic mass is 16.5. The minimum absolute atomic E-state index is 0.0330. The molecule has 2 N–H and O–H groups in total. The molecule has 1 aromatic carbocycles. The second kappa shape index (κ2) is 10.3. The Morgan fingerprint density at radius 3 is 2.77 bits per heavy atom. The number of aromatic nitrogens is 1. The molecule has 0 aliphatic carbocycles. The van der Waals surface area contributed by atoms with Crippen LogP contribution < -0.4 is 10.6 Å². The van der Waals surface area contributed by atoms with Gasteiger partial charge in [-0.15, -0.1) is 0 Å². The Morgan fingerprint density at radius 1 is 1.23 bits per heavy atom. The van der Waals surface area contributed by atoms with E-state index < -0.39 is 35.5 Å². The first kappa shape index (κ1) is 21.2. The molecule has 2 amide bonds. The highest BCUT2D eigenvalue weighted by molar-refractivity contribution is 6.37. The van der Waals surface area contributed by atoms with Crippen LogP contribution in [0.15, 0.2) is 47.3 Å². The minimum atomic E-state index is -1.17. The number of nitrogens with one attached hydrogen (secondary N) is 2. The molecule has 2 heterocycles. The van der Waals surface area contributed by atoms with E-state index >= 15 is 0 Å². The molecule has 2 atom stereocenters. The number of ether oxygens (including phenoxy) is 1. The van der Waals surface area contributed by atoms with Crippen molar-refractivity contribution in [3.8, 4) is 0 Å². The first-order valence-corrected chi connectivity index (χ1v) is 9.75. The van der Waals surface area contributed by atoms with Gasteiger partial charge in [-0.2, -0.15) is 0 Å². The van der Waals surface area contributed by atoms with Crippen LogP contribution in [0.3, 0.4) is 0 Å². The van der Waals surface area contributed by atoms with Gasteiger partial charge in [-0.3, -0.25) is 14.4 Å². The molecule has 30 heavy (non-hydrogen) atoms. The molecule has 0 saturated carbocycles. The number of hydrogen-bond donors (Lipinski definition) is 2. The number of rotatable bonds is 7. The monoisotopic (exact) mass is 413 g/mol. The first-order chi connectivity index (χ1) is 14.5. The smallest absolute Gasteiger partial charge is 0.408 e. The molecule has 1 fully saturated rings. The van der Waals surface area contributed by atoms with Crippen molar-refractivity contribution in [2.45, 2.75) is 38.3 Å². The van der Waals surface area contributed by atoms with Crippen LogP contribution in [0.2, 0.25) is 0 Å². The van der Waals surface area contributed by atoms with E-state index in [0.717, 1.165) is 18.4 Å². The van der Waals surface area contributed by atoms with Gasteiger partial charge in [0.15, 0.2) is 24.0 Å². The summed E-state index contributed by atoms with van der Waals surface area (Å²) in [6, 6.07) is 7.92. The fraction of sp³-hybridized carbons (Fsp3) is 0.381. The normalized spacial score (nSPS) is 17.9. The molecule has 9 nitrogen and oxygen atoms in total. The molecule has 2 aromatic rings. The van der Waals surface area contributed by atoms with Crippen LogP contribution in [-0.4, -0.2) is 35.1 Å². The van der Waals surface area contributed by atoms with Crippen LogP contribution in [0.5, 0.6) is 0 Å². The molecular formula is C21H23N3O6. The Kier molecular flexibility index (Phi) is 7.31. The Morgan fingerprint density at radius 2 is 2.03 bits per heavy atom. The van der Waals surface area contributed by atoms with Crippen LogP contribution in [0.4, 0.5) is 4.79 Å². The lowest BCUT2D eigenvalue weighted by Crippen LogP contribution is -2.40. The van der Waals surface area contributed by atoms with Crippen LogP contribution in [0.1, 0.15) is 43.0 Å². The number of hydrogen-bond acceptors (Lipinski definition) is 7. The van der Waals surface area contributed by atoms with Crippen molar-refractivity contribution in [2.75, 3.05) is 6.54 Å². The number of alkyl carbamates (subject to hydrolysis) is 1. The van der Waals surface area contributed by atoms with E-state index in [2.05, 4.69) is 15.6 Å². The van der Waals surface area contributed by atoms with Gasteiger partial charge in [0.25, 0.3) is 5.91 Å². The molecule has 1 aliphatic rings. The summed E-state index contributed by atoms with van der Waals surface area (Å²) in [7, 11) is 0.